The van der Waals surface area contributed by atoms with Gasteiger partial charge in [-0.2, -0.15) is 13.2 Å². The van der Waals surface area contributed by atoms with Crippen LogP contribution in [0.2, 0.25) is 0 Å². The van der Waals surface area contributed by atoms with E-state index in [1.54, 1.807) is 24.3 Å². The van der Waals surface area contributed by atoms with E-state index in [0.29, 0.717) is 11.1 Å². The largest absolute Gasteiger partial charge is 0.416 e. The minimum Gasteiger partial charge on any atom is -0.289 e. The smallest absolute Gasteiger partial charge is 0.289 e. The fourth-order valence-electron chi connectivity index (χ4n) is 1.85. The number of aryl methyl sites for hydroxylation is 1. The van der Waals surface area contributed by atoms with Crippen molar-refractivity contribution in [3.63, 3.8) is 0 Å². The normalized spacial score (nSPS) is 11.4. The zero-order chi connectivity index (χ0) is 14.9. The summed E-state index contributed by atoms with van der Waals surface area (Å²) in [5.74, 6) is -0.288. The molecule has 0 aliphatic carbocycles. The lowest BCUT2D eigenvalue weighted by atomic mass is 9.97. The zero-order valence-corrected chi connectivity index (χ0v) is 12.0. The maximum Gasteiger partial charge on any atom is 0.416 e. The zero-order valence-electron chi connectivity index (χ0n) is 10.5. The summed E-state index contributed by atoms with van der Waals surface area (Å²) in [6.07, 6.45) is -4.40. The molecule has 5 heteroatoms. The van der Waals surface area contributed by atoms with Gasteiger partial charge in [-0.1, -0.05) is 22.0 Å². The molecule has 0 saturated carbocycles. The third kappa shape index (κ3) is 3.10. The molecular weight excluding hydrogens is 333 g/mol. The molecular formula is C15H10BrF3O. The van der Waals surface area contributed by atoms with Gasteiger partial charge in [0.2, 0.25) is 0 Å². The lowest BCUT2D eigenvalue weighted by molar-refractivity contribution is -0.137. The molecule has 0 amide bonds. The highest BCUT2D eigenvalue weighted by atomic mass is 79.9. The third-order valence-corrected chi connectivity index (χ3v) is 3.43. The Morgan fingerprint density at radius 2 is 1.65 bits per heavy atom. The number of halogens is 4. The van der Waals surface area contributed by atoms with Crippen molar-refractivity contribution in [2.45, 2.75) is 13.1 Å². The number of rotatable bonds is 2. The first-order valence-electron chi connectivity index (χ1n) is 5.77. The molecule has 2 aromatic carbocycles. The van der Waals surface area contributed by atoms with Crippen LogP contribution in [0.25, 0.3) is 0 Å². The molecule has 2 aromatic rings. The van der Waals surface area contributed by atoms with Gasteiger partial charge in [-0.3, -0.25) is 4.79 Å². The fraction of sp³-hybridized carbons (Fsp3) is 0.133. The lowest BCUT2D eigenvalue weighted by Crippen LogP contribution is -2.08. The van der Waals surface area contributed by atoms with Gasteiger partial charge in [-0.25, -0.2) is 0 Å². The predicted molar refractivity (Wildman–Crippen MR) is 73.8 cm³/mol. The van der Waals surface area contributed by atoms with Gasteiger partial charge in [0.1, 0.15) is 0 Å². The quantitative estimate of drug-likeness (QED) is 0.701. The van der Waals surface area contributed by atoms with E-state index < -0.39 is 11.7 Å². The summed E-state index contributed by atoms with van der Waals surface area (Å²) in [5.41, 5.74) is 0.284. The van der Waals surface area contributed by atoms with E-state index in [9.17, 15) is 18.0 Å². The van der Waals surface area contributed by atoms with Gasteiger partial charge in [-0.15, -0.1) is 0 Å². The Balaban J connectivity index is 2.38. The molecule has 1 nitrogen and oxygen atoms in total. The monoisotopic (exact) mass is 342 g/mol. The highest BCUT2D eigenvalue weighted by molar-refractivity contribution is 9.10. The average molecular weight is 343 g/mol. The summed E-state index contributed by atoms with van der Waals surface area (Å²) < 4.78 is 38.6. The summed E-state index contributed by atoms with van der Waals surface area (Å²) in [7, 11) is 0. The van der Waals surface area contributed by atoms with Crippen LogP contribution in [0.15, 0.2) is 46.9 Å². The molecule has 0 aliphatic rings. The molecule has 20 heavy (non-hydrogen) atoms. The Hall–Kier alpha value is -1.62. The molecule has 2 rings (SSSR count). The Bertz CT molecular complexity index is 645. The van der Waals surface area contributed by atoms with E-state index in [-0.39, 0.29) is 11.3 Å². The van der Waals surface area contributed by atoms with Crippen molar-refractivity contribution in [1.82, 2.24) is 0 Å². The van der Waals surface area contributed by atoms with Crippen molar-refractivity contribution in [2.24, 2.45) is 0 Å². The van der Waals surface area contributed by atoms with E-state index in [1.165, 1.54) is 13.0 Å². The summed E-state index contributed by atoms with van der Waals surface area (Å²) in [4.78, 5) is 12.2. The second-order valence-electron chi connectivity index (χ2n) is 4.36. The Morgan fingerprint density at radius 1 is 1.05 bits per heavy atom. The number of alkyl halides is 3. The van der Waals surface area contributed by atoms with E-state index in [0.717, 1.165) is 16.6 Å². The molecule has 0 unspecified atom stereocenters. The van der Waals surface area contributed by atoms with Crippen LogP contribution < -0.4 is 0 Å². The van der Waals surface area contributed by atoms with Crippen molar-refractivity contribution in [1.29, 1.82) is 0 Å². The van der Waals surface area contributed by atoms with Crippen molar-refractivity contribution < 1.29 is 18.0 Å². The second kappa shape index (κ2) is 5.40. The van der Waals surface area contributed by atoms with Crippen LogP contribution in [-0.2, 0) is 6.18 Å². The van der Waals surface area contributed by atoms with Crippen LogP contribution in [-0.4, -0.2) is 5.78 Å². The molecule has 0 fully saturated rings. The van der Waals surface area contributed by atoms with Crippen LogP contribution in [0.1, 0.15) is 27.0 Å². The molecule has 0 saturated heterocycles. The highest BCUT2D eigenvalue weighted by Gasteiger charge is 2.31. The molecule has 0 spiro atoms. The van der Waals surface area contributed by atoms with Crippen LogP contribution >= 0.6 is 15.9 Å². The van der Waals surface area contributed by atoms with Crippen LogP contribution in [0.4, 0.5) is 13.2 Å². The standard InChI is InChI=1S/C15H10BrF3O/c1-9-8-11(15(17,18)19)4-7-13(9)14(20)10-2-5-12(16)6-3-10/h2-8H,1H3. The van der Waals surface area contributed by atoms with Gasteiger partial charge in [-0.05, 0) is 48.9 Å². The topological polar surface area (TPSA) is 17.1 Å². The maximum absolute atomic E-state index is 12.6. The lowest BCUT2D eigenvalue weighted by Gasteiger charge is -2.10. The molecule has 0 aliphatic heterocycles. The number of ketones is 1. The summed E-state index contributed by atoms with van der Waals surface area (Å²) >= 11 is 3.26. The molecule has 104 valence electrons. The molecule has 0 atom stereocenters. The van der Waals surface area contributed by atoms with Crippen LogP contribution in [0.3, 0.4) is 0 Å². The van der Waals surface area contributed by atoms with Gasteiger partial charge >= 0.3 is 6.18 Å². The van der Waals surface area contributed by atoms with Crippen LogP contribution in [0, 0.1) is 6.92 Å². The van der Waals surface area contributed by atoms with Gasteiger partial charge < -0.3 is 0 Å². The minimum absolute atomic E-state index is 0.278. The van der Waals surface area contributed by atoms with Gasteiger partial charge in [0.05, 0.1) is 5.56 Å². The highest BCUT2D eigenvalue weighted by Crippen LogP contribution is 2.30. The summed E-state index contributed by atoms with van der Waals surface area (Å²) in [6.45, 7) is 1.50. The van der Waals surface area contributed by atoms with Crippen molar-refractivity contribution in [2.75, 3.05) is 0 Å². The van der Waals surface area contributed by atoms with E-state index >= 15 is 0 Å². The van der Waals surface area contributed by atoms with E-state index in [2.05, 4.69) is 15.9 Å². The SMILES string of the molecule is Cc1cc(C(F)(F)F)ccc1C(=O)c1ccc(Br)cc1. The fourth-order valence-corrected chi connectivity index (χ4v) is 2.12. The summed E-state index contributed by atoms with van der Waals surface area (Å²) in [5, 5.41) is 0. The molecule has 0 N–H and O–H groups in total. The first-order chi connectivity index (χ1) is 9.29. The molecule has 0 aromatic heterocycles. The Kier molecular flexibility index (Phi) is 3.99. The number of carbonyl (C=O) groups is 1. The number of hydrogen-bond acceptors (Lipinski definition) is 1. The first-order valence-corrected chi connectivity index (χ1v) is 6.56. The minimum atomic E-state index is -4.40. The number of benzene rings is 2. The number of carbonyl (C=O) groups excluding carboxylic acids is 1. The van der Waals surface area contributed by atoms with Crippen molar-refractivity contribution in [3.05, 3.63) is 69.2 Å². The third-order valence-electron chi connectivity index (χ3n) is 2.90. The van der Waals surface area contributed by atoms with E-state index in [1.807, 2.05) is 0 Å². The number of hydrogen-bond donors (Lipinski definition) is 0. The molecule has 0 radical (unpaired) electrons. The van der Waals surface area contributed by atoms with Crippen LogP contribution in [0.5, 0.6) is 0 Å². The average Bonchev–Trinajstić information content (AvgIpc) is 2.37. The Labute approximate surface area is 122 Å². The molecule has 0 bridgehead atoms. The van der Waals surface area contributed by atoms with Crippen molar-refractivity contribution >= 4 is 21.7 Å². The predicted octanol–water partition coefficient (Wildman–Crippen LogP) is 5.01. The van der Waals surface area contributed by atoms with Gasteiger partial charge in [0.25, 0.3) is 0 Å². The maximum atomic E-state index is 12.6. The van der Waals surface area contributed by atoms with Crippen molar-refractivity contribution in [3.8, 4) is 0 Å². The molecule has 0 heterocycles. The summed E-state index contributed by atoms with van der Waals surface area (Å²) in [6, 6.07) is 9.83. The van der Waals surface area contributed by atoms with E-state index in [4.69, 9.17) is 0 Å². The Morgan fingerprint density at radius 3 is 2.15 bits per heavy atom. The van der Waals surface area contributed by atoms with Gasteiger partial charge in [0, 0.05) is 15.6 Å². The first kappa shape index (κ1) is 14.8. The second-order valence-corrected chi connectivity index (χ2v) is 5.28. The van der Waals surface area contributed by atoms with Gasteiger partial charge in [0.15, 0.2) is 5.78 Å².